The number of rotatable bonds is 8. The Kier molecular flexibility index (Phi) is 7.22. The summed E-state index contributed by atoms with van der Waals surface area (Å²) in [6.07, 6.45) is 0. The predicted octanol–water partition coefficient (Wildman–Crippen LogP) is 1.30. The first kappa shape index (κ1) is 22.1. The summed E-state index contributed by atoms with van der Waals surface area (Å²) in [4.78, 5) is 53.7. The molecule has 30 heavy (non-hydrogen) atoms. The zero-order chi connectivity index (χ0) is 22.3. The number of aliphatic carboxylic acids is 2. The van der Waals surface area contributed by atoms with Crippen molar-refractivity contribution in [2.75, 3.05) is 0 Å². The lowest BCUT2D eigenvalue weighted by Gasteiger charge is -2.08. The fourth-order valence-corrected chi connectivity index (χ4v) is 1.98. The Morgan fingerprint density at radius 1 is 0.767 bits per heavy atom. The van der Waals surface area contributed by atoms with Gasteiger partial charge in [-0.05, 0) is 38.1 Å². The third kappa shape index (κ3) is 6.15. The molecule has 2 rings (SSSR count). The summed E-state index contributed by atoms with van der Waals surface area (Å²) >= 11 is 0. The maximum atomic E-state index is 12.0. The van der Waals surface area contributed by atoms with Crippen LogP contribution in [0.4, 0.5) is 11.6 Å². The first-order valence-corrected chi connectivity index (χ1v) is 8.60. The standard InChI is InChI=1S/C18H18N6O6/c1-9(17(27)28)19-15(25)11-5-3-7-13(21-11)23-24-14-8-4-6-12(22-14)16(26)20-10(2)18(29)30/h3-10H,1-2H3,(H,19,25)(H,20,26)(H,27,28)(H,29,30)/b24-23+/t9-,10-/m0/s1. The number of pyridine rings is 2. The van der Waals surface area contributed by atoms with E-state index in [1.54, 1.807) is 0 Å². The molecule has 0 spiro atoms. The van der Waals surface area contributed by atoms with Gasteiger partial charge in [-0.2, -0.15) is 0 Å². The molecular formula is C18H18N6O6. The highest BCUT2D eigenvalue weighted by Crippen LogP contribution is 2.15. The molecule has 2 atom stereocenters. The van der Waals surface area contributed by atoms with Gasteiger partial charge in [-0.25, -0.2) is 9.97 Å². The number of carboxylic acids is 2. The van der Waals surface area contributed by atoms with Crippen LogP contribution in [0.1, 0.15) is 34.8 Å². The monoisotopic (exact) mass is 414 g/mol. The molecule has 12 nitrogen and oxygen atoms in total. The number of aromatic nitrogens is 2. The molecule has 2 aromatic heterocycles. The number of carboxylic acid groups (broad SMARTS) is 2. The molecule has 2 amide bonds. The minimum atomic E-state index is -1.19. The van der Waals surface area contributed by atoms with Crippen molar-refractivity contribution in [3.05, 3.63) is 47.8 Å². The fourth-order valence-electron chi connectivity index (χ4n) is 1.98. The van der Waals surface area contributed by atoms with Crippen molar-refractivity contribution in [2.45, 2.75) is 25.9 Å². The van der Waals surface area contributed by atoms with Crippen molar-refractivity contribution < 1.29 is 29.4 Å². The van der Waals surface area contributed by atoms with Crippen molar-refractivity contribution in [1.29, 1.82) is 0 Å². The van der Waals surface area contributed by atoms with E-state index in [1.807, 2.05) is 0 Å². The zero-order valence-corrected chi connectivity index (χ0v) is 15.9. The molecule has 4 N–H and O–H groups in total. The number of hydrogen-bond donors (Lipinski definition) is 4. The number of azo groups is 1. The molecule has 0 aliphatic heterocycles. The van der Waals surface area contributed by atoms with E-state index >= 15 is 0 Å². The van der Waals surface area contributed by atoms with Gasteiger partial charge in [0.25, 0.3) is 11.8 Å². The second-order valence-corrected chi connectivity index (χ2v) is 6.03. The maximum absolute atomic E-state index is 12.0. The van der Waals surface area contributed by atoms with Gasteiger partial charge in [0.1, 0.15) is 23.5 Å². The Labute approximate surface area is 170 Å². The van der Waals surface area contributed by atoms with Gasteiger partial charge in [-0.15, -0.1) is 10.2 Å². The van der Waals surface area contributed by atoms with Crippen molar-refractivity contribution in [3.63, 3.8) is 0 Å². The van der Waals surface area contributed by atoms with E-state index in [0.29, 0.717) is 0 Å². The molecule has 0 aliphatic carbocycles. The highest BCUT2D eigenvalue weighted by atomic mass is 16.4. The average Bonchev–Trinajstić information content (AvgIpc) is 2.72. The lowest BCUT2D eigenvalue weighted by Crippen LogP contribution is -2.38. The van der Waals surface area contributed by atoms with Crippen LogP contribution in [0.2, 0.25) is 0 Å². The third-order valence-corrected chi connectivity index (χ3v) is 3.63. The molecular weight excluding hydrogens is 396 g/mol. The quantitative estimate of drug-likeness (QED) is 0.466. The number of nitrogens with zero attached hydrogens (tertiary/aromatic N) is 4. The molecule has 0 saturated heterocycles. The molecule has 0 saturated carbocycles. The molecule has 2 aromatic rings. The van der Waals surface area contributed by atoms with Crippen LogP contribution in [0.5, 0.6) is 0 Å². The largest absolute Gasteiger partial charge is 0.480 e. The zero-order valence-electron chi connectivity index (χ0n) is 15.9. The van der Waals surface area contributed by atoms with Crippen LogP contribution in [0.25, 0.3) is 0 Å². The first-order valence-electron chi connectivity index (χ1n) is 8.60. The van der Waals surface area contributed by atoms with Gasteiger partial charge < -0.3 is 20.8 Å². The summed E-state index contributed by atoms with van der Waals surface area (Å²) in [6.45, 7) is 2.63. The Morgan fingerprint density at radius 3 is 1.47 bits per heavy atom. The van der Waals surface area contributed by atoms with Crippen molar-refractivity contribution >= 4 is 35.4 Å². The number of carbonyl (C=O) groups is 4. The second kappa shape index (κ2) is 9.82. The summed E-state index contributed by atoms with van der Waals surface area (Å²) in [5, 5.41) is 29.9. The van der Waals surface area contributed by atoms with Gasteiger partial charge in [0.2, 0.25) is 0 Å². The van der Waals surface area contributed by atoms with Gasteiger partial charge >= 0.3 is 11.9 Å². The summed E-state index contributed by atoms with van der Waals surface area (Å²) < 4.78 is 0. The molecule has 0 fully saturated rings. The van der Waals surface area contributed by atoms with E-state index in [2.05, 4.69) is 30.8 Å². The smallest absolute Gasteiger partial charge is 0.325 e. The van der Waals surface area contributed by atoms with Crippen LogP contribution < -0.4 is 10.6 Å². The summed E-state index contributed by atoms with van der Waals surface area (Å²) in [7, 11) is 0. The second-order valence-electron chi connectivity index (χ2n) is 6.03. The Morgan fingerprint density at radius 2 is 1.13 bits per heavy atom. The highest BCUT2D eigenvalue weighted by Gasteiger charge is 2.17. The predicted molar refractivity (Wildman–Crippen MR) is 102 cm³/mol. The normalized spacial score (nSPS) is 12.7. The Bertz CT molecular complexity index is 929. The highest BCUT2D eigenvalue weighted by molar-refractivity contribution is 5.95. The van der Waals surface area contributed by atoms with Crippen molar-refractivity contribution in [1.82, 2.24) is 20.6 Å². The molecule has 0 aliphatic rings. The topological polar surface area (TPSA) is 183 Å². The SMILES string of the molecule is C[C@H](NC(=O)c1cccc(/N=N/c2cccc(C(=O)N[C@@H](C)C(=O)O)n2)n1)C(=O)O. The number of amides is 2. The van der Waals surface area contributed by atoms with E-state index in [-0.39, 0.29) is 23.0 Å². The van der Waals surface area contributed by atoms with E-state index in [1.165, 1.54) is 50.2 Å². The van der Waals surface area contributed by atoms with Crippen molar-refractivity contribution in [3.8, 4) is 0 Å². The van der Waals surface area contributed by atoms with Gasteiger partial charge in [-0.1, -0.05) is 12.1 Å². The fraction of sp³-hybridized carbons (Fsp3) is 0.222. The lowest BCUT2D eigenvalue weighted by atomic mass is 10.3. The minimum absolute atomic E-state index is 0.0525. The molecule has 12 heteroatoms. The van der Waals surface area contributed by atoms with Crippen LogP contribution in [0, 0.1) is 0 Å². The van der Waals surface area contributed by atoms with Crippen LogP contribution >= 0.6 is 0 Å². The summed E-state index contributed by atoms with van der Waals surface area (Å²) in [5.41, 5.74) is -0.105. The minimum Gasteiger partial charge on any atom is -0.480 e. The van der Waals surface area contributed by atoms with Gasteiger partial charge in [0, 0.05) is 0 Å². The molecule has 0 unspecified atom stereocenters. The van der Waals surface area contributed by atoms with Crippen LogP contribution in [-0.4, -0.2) is 56.0 Å². The Hall–Kier alpha value is -4.22. The molecule has 2 heterocycles. The maximum Gasteiger partial charge on any atom is 0.325 e. The molecule has 0 aromatic carbocycles. The van der Waals surface area contributed by atoms with E-state index in [4.69, 9.17) is 10.2 Å². The van der Waals surface area contributed by atoms with Gasteiger partial charge in [-0.3, -0.25) is 19.2 Å². The lowest BCUT2D eigenvalue weighted by molar-refractivity contribution is -0.139. The Balaban J connectivity index is 2.13. The average molecular weight is 414 g/mol. The first-order chi connectivity index (χ1) is 14.2. The summed E-state index contributed by atoms with van der Waals surface area (Å²) in [6, 6.07) is 6.50. The van der Waals surface area contributed by atoms with E-state index in [9.17, 15) is 19.2 Å². The summed E-state index contributed by atoms with van der Waals surface area (Å²) in [5.74, 6) is -3.64. The van der Waals surface area contributed by atoms with Crippen LogP contribution in [-0.2, 0) is 9.59 Å². The van der Waals surface area contributed by atoms with Gasteiger partial charge in [0.05, 0.1) is 0 Å². The van der Waals surface area contributed by atoms with Crippen molar-refractivity contribution in [2.24, 2.45) is 10.2 Å². The van der Waals surface area contributed by atoms with E-state index < -0.39 is 35.8 Å². The number of carbonyl (C=O) groups excluding carboxylic acids is 2. The number of hydrogen-bond acceptors (Lipinski definition) is 8. The van der Waals surface area contributed by atoms with Crippen LogP contribution in [0.15, 0.2) is 46.6 Å². The molecule has 0 bridgehead atoms. The number of nitrogens with one attached hydrogen (secondary N) is 2. The van der Waals surface area contributed by atoms with E-state index in [0.717, 1.165) is 0 Å². The van der Waals surface area contributed by atoms with Crippen LogP contribution in [0.3, 0.4) is 0 Å². The molecule has 0 radical (unpaired) electrons. The van der Waals surface area contributed by atoms with Gasteiger partial charge in [0.15, 0.2) is 11.6 Å². The molecule has 156 valence electrons. The third-order valence-electron chi connectivity index (χ3n) is 3.63.